The number of amides is 2. The van der Waals surface area contributed by atoms with Gasteiger partial charge in [0.25, 0.3) is 0 Å². The molecule has 1 saturated heterocycles. The molecule has 1 fully saturated rings. The van der Waals surface area contributed by atoms with Crippen molar-refractivity contribution in [1.82, 2.24) is 10.2 Å². The van der Waals surface area contributed by atoms with Gasteiger partial charge in [0.1, 0.15) is 11.6 Å². The highest BCUT2D eigenvalue weighted by Gasteiger charge is 2.45. The molecule has 2 rings (SSSR count). The van der Waals surface area contributed by atoms with Crippen LogP contribution in [0, 0.1) is 0 Å². The van der Waals surface area contributed by atoms with Crippen molar-refractivity contribution >= 4 is 11.8 Å². The summed E-state index contributed by atoms with van der Waals surface area (Å²) in [6.07, 6.45) is 0. The standard InChI is InChI=1S/C15H20N2O2/c1-10(12-8-6-5-7-9-12)17-11(2)13(18)16-15(3,4)14(17)19/h5-11H,1-4H3,(H,16,18). The van der Waals surface area contributed by atoms with Crippen molar-refractivity contribution in [2.45, 2.75) is 45.3 Å². The highest BCUT2D eigenvalue weighted by atomic mass is 16.2. The first-order valence-electron chi connectivity index (χ1n) is 6.54. The topological polar surface area (TPSA) is 49.4 Å². The van der Waals surface area contributed by atoms with E-state index in [-0.39, 0.29) is 17.9 Å². The summed E-state index contributed by atoms with van der Waals surface area (Å²) in [5, 5.41) is 2.76. The first kappa shape index (κ1) is 13.6. The van der Waals surface area contributed by atoms with Gasteiger partial charge in [0, 0.05) is 0 Å². The van der Waals surface area contributed by atoms with Crippen LogP contribution < -0.4 is 5.32 Å². The van der Waals surface area contributed by atoms with Gasteiger partial charge in [0.05, 0.1) is 6.04 Å². The van der Waals surface area contributed by atoms with Crippen LogP contribution >= 0.6 is 0 Å². The van der Waals surface area contributed by atoms with Crippen LogP contribution in [0.4, 0.5) is 0 Å². The number of piperazine rings is 1. The first-order valence-corrected chi connectivity index (χ1v) is 6.54. The maximum absolute atomic E-state index is 12.5. The Hall–Kier alpha value is -1.84. The molecule has 102 valence electrons. The minimum absolute atomic E-state index is 0.0454. The van der Waals surface area contributed by atoms with Crippen molar-refractivity contribution in [2.24, 2.45) is 0 Å². The van der Waals surface area contributed by atoms with Gasteiger partial charge >= 0.3 is 0 Å². The fourth-order valence-corrected chi connectivity index (χ4v) is 2.49. The quantitative estimate of drug-likeness (QED) is 0.882. The van der Waals surface area contributed by atoms with Crippen LogP contribution in [-0.2, 0) is 9.59 Å². The maximum atomic E-state index is 12.5. The molecule has 0 aromatic heterocycles. The normalized spacial score (nSPS) is 24.0. The van der Waals surface area contributed by atoms with Gasteiger partial charge in [-0.15, -0.1) is 0 Å². The average molecular weight is 260 g/mol. The molecule has 0 aliphatic carbocycles. The summed E-state index contributed by atoms with van der Waals surface area (Å²) in [6, 6.07) is 9.21. The van der Waals surface area contributed by atoms with Crippen LogP contribution in [0.15, 0.2) is 30.3 Å². The monoisotopic (exact) mass is 260 g/mol. The Bertz CT molecular complexity index is 496. The third-order valence-corrected chi connectivity index (χ3v) is 3.70. The third-order valence-electron chi connectivity index (χ3n) is 3.70. The molecule has 1 aliphatic rings. The van der Waals surface area contributed by atoms with Crippen LogP contribution in [0.3, 0.4) is 0 Å². The number of hydrogen-bond acceptors (Lipinski definition) is 2. The lowest BCUT2D eigenvalue weighted by atomic mass is 9.94. The molecular weight excluding hydrogens is 240 g/mol. The van der Waals surface area contributed by atoms with Crippen molar-refractivity contribution in [3.05, 3.63) is 35.9 Å². The summed E-state index contributed by atoms with van der Waals surface area (Å²) >= 11 is 0. The van der Waals surface area contributed by atoms with Crippen molar-refractivity contribution in [3.8, 4) is 0 Å². The van der Waals surface area contributed by atoms with Gasteiger partial charge in [-0.1, -0.05) is 30.3 Å². The summed E-state index contributed by atoms with van der Waals surface area (Å²) in [6.45, 7) is 7.20. The van der Waals surface area contributed by atoms with E-state index in [0.29, 0.717) is 0 Å². The van der Waals surface area contributed by atoms with Crippen molar-refractivity contribution < 1.29 is 9.59 Å². The van der Waals surface area contributed by atoms with Crippen LogP contribution in [0.1, 0.15) is 39.3 Å². The summed E-state index contributed by atoms with van der Waals surface area (Å²) in [5.74, 6) is -0.150. The number of rotatable bonds is 2. The average Bonchev–Trinajstić information content (AvgIpc) is 2.37. The van der Waals surface area contributed by atoms with Gasteiger partial charge < -0.3 is 10.2 Å². The minimum atomic E-state index is -0.841. The Morgan fingerprint density at radius 1 is 1.21 bits per heavy atom. The maximum Gasteiger partial charge on any atom is 0.248 e. The van der Waals surface area contributed by atoms with E-state index in [9.17, 15) is 9.59 Å². The number of carbonyl (C=O) groups is 2. The zero-order valence-electron chi connectivity index (χ0n) is 11.8. The lowest BCUT2D eigenvalue weighted by Crippen LogP contribution is -2.67. The molecule has 1 heterocycles. The van der Waals surface area contributed by atoms with Crippen molar-refractivity contribution in [3.63, 3.8) is 0 Å². The fraction of sp³-hybridized carbons (Fsp3) is 0.467. The number of hydrogen-bond donors (Lipinski definition) is 1. The Kier molecular flexibility index (Phi) is 3.35. The molecule has 1 aromatic carbocycles. The molecule has 0 radical (unpaired) electrons. The van der Waals surface area contributed by atoms with E-state index in [1.54, 1.807) is 25.7 Å². The Labute approximate surface area is 113 Å². The molecule has 1 N–H and O–H groups in total. The molecule has 0 bridgehead atoms. The molecular formula is C15H20N2O2. The Morgan fingerprint density at radius 3 is 2.37 bits per heavy atom. The van der Waals surface area contributed by atoms with Crippen LogP contribution in [-0.4, -0.2) is 28.3 Å². The molecule has 0 spiro atoms. The van der Waals surface area contributed by atoms with E-state index < -0.39 is 11.6 Å². The first-order chi connectivity index (χ1) is 8.84. The number of benzene rings is 1. The van der Waals surface area contributed by atoms with Gasteiger partial charge in [-0.25, -0.2) is 0 Å². The predicted molar refractivity (Wildman–Crippen MR) is 73.4 cm³/mol. The van der Waals surface area contributed by atoms with E-state index in [2.05, 4.69) is 5.32 Å². The van der Waals surface area contributed by atoms with Gasteiger partial charge in [-0.3, -0.25) is 9.59 Å². The Balaban J connectivity index is 2.36. The second kappa shape index (κ2) is 4.68. The van der Waals surface area contributed by atoms with Gasteiger partial charge in [0.2, 0.25) is 11.8 Å². The van der Waals surface area contributed by atoms with Crippen molar-refractivity contribution in [1.29, 1.82) is 0 Å². The predicted octanol–water partition coefficient (Wildman–Crippen LogP) is 1.87. The molecule has 2 unspecified atom stereocenters. The van der Waals surface area contributed by atoms with E-state index in [4.69, 9.17) is 0 Å². The molecule has 1 aliphatic heterocycles. The second-order valence-corrected chi connectivity index (χ2v) is 5.59. The number of carbonyl (C=O) groups excluding carboxylic acids is 2. The van der Waals surface area contributed by atoms with Gasteiger partial charge in [0.15, 0.2) is 0 Å². The second-order valence-electron chi connectivity index (χ2n) is 5.59. The summed E-state index contributed by atoms with van der Waals surface area (Å²) in [5.41, 5.74) is 0.195. The summed E-state index contributed by atoms with van der Waals surface area (Å²) < 4.78 is 0. The van der Waals surface area contributed by atoms with Gasteiger partial charge in [-0.2, -0.15) is 0 Å². The molecule has 2 atom stereocenters. The molecule has 2 amide bonds. The highest BCUT2D eigenvalue weighted by molar-refractivity contribution is 5.99. The van der Waals surface area contributed by atoms with Crippen molar-refractivity contribution in [2.75, 3.05) is 0 Å². The van der Waals surface area contributed by atoms with Crippen LogP contribution in [0.2, 0.25) is 0 Å². The SMILES string of the molecule is CC1C(=O)NC(C)(C)C(=O)N1C(C)c1ccccc1. The highest BCUT2D eigenvalue weighted by Crippen LogP contribution is 2.28. The number of nitrogens with zero attached hydrogens (tertiary/aromatic N) is 1. The summed E-state index contributed by atoms with van der Waals surface area (Å²) in [7, 11) is 0. The fourth-order valence-electron chi connectivity index (χ4n) is 2.49. The zero-order valence-corrected chi connectivity index (χ0v) is 11.8. The molecule has 4 nitrogen and oxygen atoms in total. The zero-order chi connectivity index (χ0) is 14.2. The third kappa shape index (κ3) is 2.35. The largest absolute Gasteiger partial charge is 0.340 e. The minimum Gasteiger partial charge on any atom is -0.340 e. The van der Waals surface area contributed by atoms with E-state index in [0.717, 1.165) is 5.56 Å². The van der Waals surface area contributed by atoms with E-state index in [1.165, 1.54) is 0 Å². The molecule has 19 heavy (non-hydrogen) atoms. The molecule has 1 aromatic rings. The molecule has 4 heteroatoms. The van der Waals surface area contributed by atoms with Crippen LogP contribution in [0.5, 0.6) is 0 Å². The van der Waals surface area contributed by atoms with E-state index in [1.807, 2.05) is 37.3 Å². The lowest BCUT2D eigenvalue weighted by Gasteiger charge is -2.44. The van der Waals surface area contributed by atoms with Gasteiger partial charge in [-0.05, 0) is 33.3 Å². The lowest BCUT2D eigenvalue weighted by molar-refractivity contribution is -0.155. The smallest absolute Gasteiger partial charge is 0.248 e. The molecule has 0 saturated carbocycles. The number of nitrogens with one attached hydrogen (secondary N) is 1. The Morgan fingerprint density at radius 2 is 1.79 bits per heavy atom. The van der Waals surface area contributed by atoms with Crippen LogP contribution in [0.25, 0.3) is 0 Å². The summed E-state index contributed by atoms with van der Waals surface area (Å²) in [4.78, 5) is 26.2. The van der Waals surface area contributed by atoms with E-state index >= 15 is 0 Å².